The molecule has 0 fully saturated rings. The summed E-state index contributed by atoms with van der Waals surface area (Å²) in [4.78, 5) is 44.5. The van der Waals surface area contributed by atoms with Crippen molar-refractivity contribution in [2.24, 2.45) is 5.73 Å². The Morgan fingerprint density at radius 1 is 1.22 bits per heavy atom. The number of hydrogen-bond acceptors (Lipinski definition) is 6. The Bertz CT molecular complexity index is 963. The second-order valence-corrected chi connectivity index (χ2v) is 5.78. The smallest absolute Gasteiger partial charge is 0.288 e. The van der Waals surface area contributed by atoms with Gasteiger partial charge in [-0.25, -0.2) is 9.97 Å². The molecule has 0 aromatic carbocycles. The van der Waals surface area contributed by atoms with Crippen LogP contribution >= 0.6 is 0 Å². The van der Waals surface area contributed by atoms with E-state index in [1.165, 1.54) is 12.5 Å². The highest BCUT2D eigenvalue weighted by Gasteiger charge is 2.28. The lowest BCUT2D eigenvalue weighted by Gasteiger charge is -2.15. The molecule has 0 aliphatic carbocycles. The molecule has 0 spiro atoms. The van der Waals surface area contributed by atoms with E-state index in [0.29, 0.717) is 17.3 Å². The zero-order chi connectivity index (χ0) is 19.4. The molecule has 9 heteroatoms. The lowest BCUT2D eigenvalue weighted by Crippen LogP contribution is -2.47. The summed E-state index contributed by atoms with van der Waals surface area (Å²) in [5.74, 6) is -1.74. The summed E-state index contributed by atoms with van der Waals surface area (Å²) in [5.41, 5.74) is 5.79. The number of amides is 2. The summed E-state index contributed by atoms with van der Waals surface area (Å²) < 4.78 is 6.74. The van der Waals surface area contributed by atoms with Crippen LogP contribution in [0.4, 0.5) is 0 Å². The molecule has 0 radical (unpaired) electrons. The van der Waals surface area contributed by atoms with Crippen LogP contribution in [0.15, 0.2) is 53.4 Å². The maximum absolute atomic E-state index is 12.8. The van der Waals surface area contributed by atoms with E-state index in [1.807, 2.05) is 0 Å². The number of primary amides is 1. The molecule has 3 aromatic heterocycles. The Morgan fingerprint density at radius 2 is 2.04 bits per heavy atom. The van der Waals surface area contributed by atoms with Crippen molar-refractivity contribution < 1.29 is 18.8 Å². The number of nitrogens with one attached hydrogen (secondary N) is 1. The van der Waals surface area contributed by atoms with Crippen LogP contribution in [0.25, 0.3) is 5.82 Å². The number of nitrogens with two attached hydrogens (primary N) is 1. The van der Waals surface area contributed by atoms with Crippen molar-refractivity contribution in [3.05, 3.63) is 66.3 Å². The van der Waals surface area contributed by atoms with Gasteiger partial charge in [0.2, 0.25) is 11.6 Å². The molecule has 0 aliphatic rings. The Labute approximate surface area is 154 Å². The van der Waals surface area contributed by atoms with E-state index in [0.717, 1.165) is 0 Å². The van der Waals surface area contributed by atoms with Gasteiger partial charge in [-0.05, 0) is 31.2 Å². The van der Waals surface area contributed by atoms with Crippen molar-refractivity contribution in [2.75, 3.05) is 0 Å². The molecule has 0 saturated carbocycles. The van der Waals surface area contributed by atoms with Crippen molar-refractivity contribution in [1.29, 1.82) is 0 Å². The largest absolute Gasteiger partial charge is 0.469 e. The van der Waals surface area contributed by atoms with Crippen LogP contribution in [0.3, 0.4) is 0 Å². The monoisotopic (exact) mass is 367 g/mol. The van der Waals surface area contributed by atoms with Crippen molar-refractivity contribution >= 4 is 17.6 Å². The van der Waals surface area contributed by atoms with Crippen LogP contribution in [0.2, 0.25) is 0 Å². The number of carbonyl (C=O) groups is 3. The molecule has 138 valence electrons. The van der Waals surface area contributed by atoms with Crippen molar-refractivity contribution in [3.63, 3.8) is 0 Å². The standard InChI is InChI=1S/C18H17N5O4/c1-11-10-21-17(23(11)14-6-2-3-7-20-14)18(26)22-13(15(24)16(19)25)9-12-5-4-8-27-12/h2-8,10,13H,9H2,1H3,(H2,19,25)(H,22,26). The first-order valence-electron chi connectivity index (χ1n) is 8.10. The molecule has 1 atom stereocenters. The summed E-state index contributed by atoms with van der Waals surface area (Å²) in [6, 6.07) is 7.35. The Hall–Kier alpha value is -3.75. The number of nitrogens with zero attached hydrogens (tertiary/aromatic N) is 3. The van der Waals surface area contributed by atoms with Crippen LogP contribution in [0.5, 0.6) is 0 Å². The number of aryl methyl sites for hydroxylation is 1. The molecule has 3 N–H and O–H groups in total. The maximum Gasteiger partial charge on any atom is 0.288 e. The second kappa shape index (κ2) is 7.65. The SMILES string of the molecule is Cc1cnc(C(=O)NC(Cc2ccco2)C(=O)C(N)=O)n1-c1ccccn1. The predicted molar refractivity (Wildman–Crippen MR) is 94.0 cm³/mol. The molecule has 1 unspecified atom stereocenters. The third kappa shape index (κ3) is 3.92. The quantitative estimate of drug-likeness (QED) is 0.586. The number of ketones is 1. The summed E-state index contributed by atoms with van der Waals surface area (Å²) in [5, 5.41) is 2.52. The molecular formula is C18H17N5O4. The summed E-state index contributed by atoms with van der Waals surface area (Å²) >= 11 is 0. The highest BCUT2D eigenvalue weighted by molar-refractivity contribution is 6.38. The van der Waals surface area contributed by atoms with E-state index in [2.05, 4.69) is 15.3 Å². The molecule has 0 bridgehead atoms. The number of rotatable bonds is 7. The normalized spacial score (nSPS) is 11.7. The maximum atomic E-state index is 12.8. The molecule has 2 amide bonds. The number of Topliss-reactive ketones (excluding diaryl/α,β-unsaturated/α-hetero) is 1. The van der Waals surface area contributed by atoms with Crippen LogP contribution in [0, 0.1) is 6.92 Å². The Kier molecular flexibility index (Phi) is 5.11. The van der Waals surface area contributed by atoms with Gasteiger partial charge in [0.1, 0.15) is 17.6 Å². The summed E-state index contributed by atoms with van der Waals surface area (Å²) in [6.45, 7) is 1.77. The van der Waals surface area contributed by atoms with Crippen LogP contribution < -0.4 is 11.1 Å². The highest BCUT2D eigenvalue weighted by atomic mass is 16.3. The fourth-order valence-electron chi connectivity index (χ4n) is 2.61. The number of furan rings is 1. The topological polar surface area (TPSA) is 133 Å². The number of imidazole rings is 1. The first kappa shape index (κ1) is 18.1. The molecule has 27 heavy (non-hydrogen) atoms. The van der Waals surface area contributed by atoms with Gasteiger partial charge in [0.25, 0.3) is 11.8 Å². The van der Waals surface area contributed by atoms with E-state index in [4.69, 9.17) is 10.2 Å². The lowest BCUT2D eigenvalue weighted by atomic mass is 10.1. The minimum Gasteiger partial charge on any atom is -0.469 e. The van der Waals surface area contributed by atoms with Crippen molar-refractivity contribution in [3.8, 4) is 5.82 Å². The zero-order valence-corrected chi connectivity index (χ0v) is 14.5. The van der Waals surface area contributed by atoms with Gasteiger partial charge in [0.05, 0.1) is 6.26 Å². The van der Waals surface area contributed by atoms with E-state index < -0.39 is 23.6 Å². The van der Waals surface area contributed by atoms with E-state index in [-0.39, 0.29) is 12.2 Å². The highest BCUT2D eigenvalue weighted by Crippen LogP contribution is 2.13. The van der Waals surface area contributed by atoms with Crippen LogP contribution in [0.1, 0.15) is 22.1 Å². The van der Waals surface area contributed by atoms with Gasteiger partial charge in [0, 0.05) is 24.5 Å². The number of carbonyl (C=O) groups excluding carboxylic acids is 3. The summed E-state index contributed by atoms with van der Waals surface area (Å²) in [6.07, 6.45) is 4.53. The number of pyridine rings is 1. The predicted octanol–water partition coefficient (Wildman–Crippen LogP) is 0.564. The van der Waals surface area contributed by atoms with E-state index in [1.54, 1.807) is 48.0 Å². The van der Waals surface area contributed by atoms with Gasteiger partial charge in [-0.1, -0.05) is 6.07 Å². The van der Waals surface area contributed by atoms with Gasteiger partial charge in [-0.3, -0.25) is 19.0 Å². The molecule has 9 nitrogen and oxygen atoms in total. The van der Waals surface area contributed by atoms with Gasteiger partial charge < -0.3 is 15.5 Å². The van der Waals surface area contributed by atoms with Crippen molar-refractivity contribution in [1.82, 2.24) is 19.9 Å². The fraction of sp³-hybridized carbons (Fsp3) is 0.167. The average molecular weight is 367 g/mol. The first-order valence-corrected chi connectivity index (χ1v) is 8.10. The Balaban J connectivity index is 1.88. The molecule has 3 aromatic rings. The minimum atomic E-state index is -1.17. The van der Waals surface area contributed by atoms with Gasteiger partial charge in [0.15, 0.2) is 0 Å². The zero-order valence-electron chi connectivity index (χ0n) is 14.5. The molecule has 0 saturated heterocycles. The van der Waals surface area contributed by atoms with Crippen molar-refractivity contribution in [2.45, 2.75) is 19.4 Å². The second-order valence-electron chi connectivity index (χ2n) is 5.78. The van der Waals surface area contributed by atoms with Crippen LogP contribution in [-0.4, -0.2) is 38.2 Å². The molecule has 0 aliphatic heterocycles. The van der Waals surface area contributed by atoms with Gasteiger partial charge in [-0.15, -0.1) is 0 Å². The fourth-order valence-corrected chi connectivity index (χ4v) is 2.61. The third-order valence-electron chi connectivity index (χ3n) is 3.87. The van der Waals surface area contributed by atoms with Gasteiger partial charge >= 0.3 is 0 Å². The Morgan fingerprint density at radius 3 is 2.67 bits per heavy atom. The number of hydrogen-bond donors (Lipinski definition) is 2. The summed E-state index contributed by atoms with van der Waals surface area (Å²) in [7, 11) is 0. The lowest BCUT2D eigenvalue weighted by molar-refractivity contribution is -0.137. The molecular weight excluding hydrogens is 350 g/mol. The number of aromatic nitrogens is 3. The minimum absolute atomic E-state index is 0.0101. The molecule has 3 rings (SSSR count). The van der Waals surface area contributed by atoms with E-state index >= 15 is 0 Å². The van der Waals surface area contributed by atoms with E-state index in [9.17, 15) is 14.4 Å². The first-order chi connectivity index (χ1) is 13.0. The van der Waals surface area contributed by atoms with Gasteiger partial charge in [-0.2, -0.15) is 0 Å². The van der Waals surface area contributed by atoms with Crippen LogP contribution in [-0.2, 0) is 16.0 Å². The third-order valence-corrected chi connectivity index (χ3v) is 3.87. The average Bonchev–Trinajstić information content (AvgIpc) is 3.30. The molecule has 3 heterocycles.